The Morgan fingerprint density at radius 3 is 2.74 bits per heavy atom. The molecule has 0 saturated heterocycles. The number of aromatic nitrogens is 4. The summed E-state index contributed by atoms with van der Waals surface area (Å²) in [6.07, 6.45) is 6.53. The quantitative estimate of drug-likeness (QED) is 0.362. The Balaban J connectivity index is 1.80. The Labute approximate surface area is 176 Å². The molecule has 0 unspecified atom stereocenters. The number of nitrogens with one attached hydrogen (secondary N) is 1. The van der Waals surface area contributed by atoms with E-state index in [2.05, 4.69) is 22.0 Å². The van der Waals surface area contributed by atoms with Crippen LogP contribution in [0.4, 0.5) is 5.69 Å². The molecule has 5 rings (SSSR count). The van der Waals surface area contributed by atoms with Crippen LogP contribution in [-0.4, -0.2) is 25.2 Å². The molecule has 0 aliphatic carbocycles. The molecular formula is C24H17N5O2. The molecule has 0 spiro atoms. The van der Waals surface area contributed by atoms with Crippen LogP contribution in [0, 0.1) is 0 Å². The van der Waals surface area contributed by atoms with Gasteiger partial charge >= 0.3 is 0 Å². The minimum absolute atomic E-state index is 0.184. The summed E-state index contributed by atoms with van der Waals surface area (Å²) < 4.78 is 3.39. The van der Waals surface area contributed by atoms with Crippen LogP contribution >= 0.6 is 0 Å². The van der Waals surface area contributed by atoms with E-state index in [9.17, 15) is 9.59 Å². The normalized spacial score (nSPS) is 11.0. The van der Waals surface area contributed by atoms with E-state index < -0.39 is 0 Å². The number of pyridine rings is 2. The number of amides is 1. The summed E-state index contributed by atoms with van der Waals surface area (Å²) >= 11 is 0. The number of benzene rings is 2. The van der Waals surface area contributed by atoms with E-state index in [0.29, 0.717) is 11.4 Å². The fourth-order valence-corrected chi connectivity index (χ4v) is 3.64. The summed E-state index contributed by atoms with van der Waals surface area (Å²) in [5.74, 6) is -0.319. The third-order valence-electron chi connectivity index (χ3n) is 5.03. The highest BCUT2D eigenvalue weighted by molar-refractivity contribution is 6.04. The number of nitrogens with zero attached hydrogens (tertiary/aromatic N) is 4. The summed E-state index contributed by atoms with van der Waals surface area (Å²) in [4.78, 5) is 29.3. The van der Waals surface area contributed by atoms with Gasteiger partial charge in [0.15, 0.2) is 0 Å². The number of hydrogen-bond donors (Lipinski definition) is 1. The summed E-state index contributed by atoms with van der Waals surface area (Å²) in [5.41, 5.74) is 3.38. The second kappa shape index (κ2) is 7.38. The lowest BCUT2D eigenvalue weighted by Crippen LogP contribution is -2.18. The highest BCUT2D eigenvalue weighted by Gasteiger charge is 2.12. The molecule has 7 nitrogen and oxygen atoms in total. The summed E-state index contributed by atoms with van der Waals surface area (Å²) in [6, 6.07) is 18.1. The lowest BCUT2D eigenvalue weighted by Gasteiger charge is -2.14. The third kappa shape index (κ3) is 3.28. The van der Waals surface area contributed by atoms with Gasteiger partial charge in [-0.05, 0) is 54.6 Å². The molecule has 0 aliphatic heterocycles. The number of rotatable bonds is 4. The zero-order valence-electron chi connectivity index (χ0n) is 16.4. The molecule has 0 fully saturated rings. The molecule has 3 aromatic heterocycles. The maximum Gasteiger partial charge on any atom is 0.255 e. The van der Waals surface area contributed by atoms with Crippen molar-refractivity contribution in [2.24, 2.45) is 0 Å². The van der Waals surface area contributed by atoms with Crippen LogP contribution in [0.5, 0.6) is 0 Å². The number of fused-ring (bicyclic) bond motifs is 3. The first kappa shape index (κ1) is 18.5. The predicted octanol–water partition coefficient (Wildman–Crippen LogP) is 3.85. The topological polar surface area (TPSA) is 81.8 Å². The van der Waals surface area contributed by atoms with E-state index >= 15 is 0 Å². The van der Waals surface area contributed by atoms with E-state index in [1.54, 1.807) is 45.9 Å². The fraction of sp³-hybridized carbons (Fsp3) is 0. The number of hydrogen-bond acceptors (Lipinski definition) is 4. The maximum atomic E-state index is 13.0. The van der Waals surface area contributed by atoms with Crippen LogP contribution in [0.15, 0.2) is 96.7 Å². The molecule has 31 heavy (non-hydrogen) atoms. The molecule has 150 valence electrons. The maximum absolute atomic E-state index is 13.0. The molecule has 3 heterocycles. The summed E-state index contributed by atoms with van der Waals surface area (Å²) in [6.45, 7) is 3.47. The van der Waals surface area contributed by atoms with E-state index in [0.717, 1.165) is 27.5 Å². The van der Waals surface area contributed by atoms with Crippen molar-refractivity contribution in [1.82, 2.24) is 19.3 Å². The van der Waals surface area contributed by atoms with Crippen molar-refractivity contribution >= 4 is 33.4 Å². The Morgan fingerprint density at radius 1 is 1.03 bits per heavy atom. The first-order valence-electron chi connectivity index (χ1n) is 9.62. The van der Waals surface area contributed by atoms with Crippen LogP contribution in [0.2, 0.25) is 0 Å². The van der Waals surface area contributed by atoms with Gasteiger partial charge in [0.25, 0.3) is 5.56 Å². The second-order valence-corrected chi connectivity index (χ2v) is 6.96. The Bertz CT molecular complexity index is 1520. The molecule has 1 amide bonds. The Kier molecular flexibility index (Phi) is 4.41. The van der Waals surface area contributed by atoms with Crippen LogP contribution in [0.25, 0.3) is 33.2 Å². The number of anilines is 1. The van der Waals surface area contributed by atoms with E-state index in [1.165, 1.54) is 12.1 Å². The Morgan fingerprint density at radius 2 is 1.94 bits per heavy atom. The zero-order valence-corrected chi connectivity index (χ0v) is 16.4. The van der Waals surface area contributed by atoms with Crippen LogP contribution in [0.1, 0.15) is 0 Å². The molecule has 0 radical (unpaired) electrons. The van der Waals surface area contributed by atoms with Crippen molar-refractivity contribution in [3.05, 3.63) is 102 Å². The van der Waals surface area contributed by atoms with Gasteiger partial charge in [-0.2, -0.15) is 5.10 Å². The van der Waals surface area contributed by atoms with Crippen molar-refractivity contribution in [1.29, 1.82) is 0 Å². The first-order chi connectivity index (χ1) is 15.1. The van der Waals surface area contributed by atoms with Crippen LogP contribution < -0.4 is 10.9 Å². The van der Waals surface area contributed by atoms with Crippen LogP contribution in [0.3, 0.4) is 0 Å². The second-order valence-electron chi connectivity index (χ2n) is 6.96. The SMILES string of the molecule is C=CC(=O)Nc1cccc(-n2c(=O)ccc3cnc4ccc(-n5cccn5)cc4c32)c1. The smallest absolute Gasteiger partial charge is 0.255 e. The minimum Gasteiger partial charge on any atom is -0.322 e. The van der Waals surface area contributed by atoms with Gasteiger partial charge < -0.3 is 5.32 Å². The van der Waals surface area contributed by atoms with Gasteiger partial charge in [-0.1, -0.05) is 12.6 Å². The van der Waals surface area contributed by atoms with Crippen molar-refractivity contribution in [2.75, 3.05) is 5.32 Å². The molecule has 2 aromatic carbocycles. The number of carbonyl (C=O) groups is 1. The van der Waals surface area contributed by atoms with Gasteiger partial charge in [-0.3, -0.25) is 19.1 Å². The summed E-state index contributed by atoms with van der Waals surface area (Å²) in [5, 5.41) is 8.68. The van der Waals surface area contributed by atoms with Crippen molar-refractivity contribution in [2.45, 2.75) is 0 Å². The Hall–Kier alpha value is -4.52. The van der Waals surface area contributed by atoms with Gasteiger partial charge in [-0.15, -0.1) is 0 Å². The van der Waals surface area contributed by atoms with Crippen molar-refractivity contribution in [3.8, 4) is 11.4 Å². The van der Waals surface area contributed by atoms with Gasteiger partial charge in [-0.25, -0.2) is 4.68 Å². The lowest BCUT2D eigenvalue weighted by atomic mass is 10.1. The van der Waals surface area contributed by atoms with Gasteiger partial charge in [0.1, 0.15) is 0 Å². The summed E-state index contributed by atoms with van der Waals surface area (Å²) in [7, 11) is 0. The largest absolute Gasteiger partial charge is 0.322 e. The third-order valence-corrected chi connectivity index (χ3v) is 5.03. The monoisotopic (exact) mass is 407 g/mol. The first-order valence-corrected chi connectivity index (χ1v) is 9.62. The van der Waals surface area contributed by atoms with Crippen molar-refractivity contribution in [3.63, 3.8) is 0 Å². The van der Waals surface area contributed by atoms with Gasteiger partial charge in [0.05, 0.1) is 22.4 Å². The predicted molar refractivity (Wildman–Crippen MR) is 121 cm³/mol. The lowest BCUT2D eigenvalue weighted by molar-refractivity contribution is -0.111. The van der Waals surface area contributed by atoms with E-state index in [1.807, 2.05) is 36.5 Å². The van der Waals surface area contributed by atoms with Gasteiger partial charge in [0, 0.05) is 41.1 Å². The average Bonchev–Trinajstić information content (AvgIpc) is 3.33. The highest BCUT2D eigenvalue weighted by atomic mass is 16.1. The molecule has 7 heteroatoms. The molecule has 0 atom stereocenters. The highest BCUT2D eigenvalue weighted by Crippen LogP contribution is 2.27. The zero-order chi connectivity index (χ0) is 21.4. The standard InChI is InChI=1S/C24H17N5O2/c1-2-22(30)27-17-5-3-6-19(13-17)29-23(31)10-7-16-15-25-21-9-8-18(14-20(21)24(16)29)28-12-4-11-26-28/h2-15H,1H2,(H,27,30). The average molecular weight is 407 g/mol. The molecule has 5 aromatic rings. The van der Waals surface area contributed by atoms with E-state index in [4.69, 9.17) is 0 Å². The number of carbonyl (C=O) groups excluding carboxylic acids is 1. The minimum atomic E-state index is -0.319. The molecule has 1 N–H and O–H groups in total. The van der Waals surface area contributed by atoms with E-state index in [-0.39, 0.29) is 11.5 Å². The molecule has 0 bridgehead atoms. The van der Waals surface area contributed by atoms with Crippen LogP contribution in [-0.2, 0) is 4.79 Å². The van der Waals surface area contributed by atoms with Gasteiger partial charge in [0.2, 0.25) is 5.91 Å². The fourth-order valence-electron chi connectivity index (χ4n) is 3.64. The molecule has 0 saturated carbocycles. The molecular weight excluding hydrogens is 390 g/mol. The van der Waals surface area contributed by atoms with Crippen molar-refractivity contribution < 1.29 is 4.79 Å². The molecule has 0 aliphatic rings.